The Morgan fingerprint density at radius 2 is 1.82 bits per heavy atom. The monoisotopic (exact) mass is 291 g/mol. The summed E-state index contributed by atoms with van der Waals surface area (Å²) in [5, 5.41) is 3.16. The Kier molecular flexibility index (Phi) is 2.96. The highest BCUT2D eigenvalue weighted by molar-refractivity contribution is 5.95. The van der Waals surface area contributed by atoms with E-state index in [2.05, 4.69) is 34.6 Å². The van der Waals surface area contributed by atoms with Gasteiger partial charge in [-0.05, 0) is 43.0 Å². The maximum absolute atomic E-state index is 12.7. The van der Waals surface area contributed by atoms with E-state index >= 15 is 0 Å². The van der Waals surface area contributed by atoms with Gasteiger partial charge in [-0.3, -0.25) is 9.20 Å². The van der Waals surface area contributed by atoms with Crippen molar-refractivity contribution >= 4 is 11.6 Å². The van der Waals surface area contributed by atoms with Gasteiger partial charge in [0.25, 0.3) is 5.91 Å². The van der Waals surface area contributed by atoms with Crippen LogP contribution in [0.25, 0.3) is 5.65 Å². The summed E-state index contributed by atoms with van der Waals surface area (Å²) in [6.45, 7) is 1.88. The van der Waals surface area contributed by atoms with E-state index < -0.39 is 0 Å². The average molecular weight is 291 g/mol. The minimum absolute atomic E-state index is 0.0472. The number of aryl methyl sites for hydroxylation is 1. The Hall–Kier alpha value is -2.62. The van der Waals surface area contributed by atoms with Crippen molar-refractivity contribution < 1.29 is 4.79 Å². The highest BCUT2D eigenvalue weighted by Gasteiger charge is 2.25. The lowest BCUT2D eigenvalue weighted by molar-refractivity contribution is 0.0932. The van der Waals surface area contributed by atoms with E-state index in [1.807, 2.05) is 35.7 Å². The Balaban J connectivity index is 1.59. The maximum atomic E-state index is 12.7. The standard InChI is InChI=1S/C18H17N3O/c1-12-17(21-9-5-4-8-16(21)19-12)18(22)20-15-10-13-6-2-3-7-14(13)11-15/h2-9,15H,10-11H2,1H3,(H,20,22). The van der Waals surface area contributed by atoms with Crippen molar-refractivity contribution in [2.45, 2.75) is 25.8 Å². The van der Waals surface area contributed by atoms with Gasteiger partial charge in [0.15, 0.2) is 0 Å². The van der Waals surface area contributed by atoms with Crippen LogP contribution < -0.4 is 5.32 Å². The number of benzene rings is 1. The molecule has 0 unspecified atom stereocenters. The minimum Gasteiger partial charge on any atom is -0.347 e. The predicted molar refractivity (Wildman–Crippen MR) is 85.0 cm³/mol. The van der Waals surface area contributed by atoms with Crippen molar-refractivity contribution in [2.75, 3.05) is 0 Å². The van der Waals surface area contributed by atoms with Crippen molar-refractivity contribution in [1.82, 2.24) is 14.7 Å². The van der Waals surface area contributed by atoms with Crippen LogP contribution in [0.4, 0.5) is 0 Å². The smallest absolute Gasteiger partial charge is 0.270 e. The van der Waals surface area contributed by atoms with Crippen molar-refractivity contribution in [3.05, 3.63) is 71.2 Å². The van der Waals surface area contributed by atoms with Gasteiger partial charge in [-0.1, -0.05) is 30.3 Å². The number of pyridine rings is 1. The molecule has 0 bridgehead atoms. The molecular formula is C18H17N3O. The zero-order chi connectivity index (χ0) is 15.1. The summed E-state index contributed by atoms with van der Waals surface area (Å²) < 4.78 is 1.85. The number of carbonyl (C=O) groups is 1. The van der Waals surface area contributed by atoms with Gasteiger partial charge in [0, 0.05) is 12.2 Å². The Bertz CT molecular complexity index is 841. The number of hydrogen-bond donors (Lipinski definition) is 1. The first-order valence-corrected chi connectivity index (χ1v) is 7.54. The fraction of sp³-hybridized carbons (Fsp3) is 0.222. The Labute approximate surface area is 128 Å². The molecule has 2 heterocycles. The number of hydrogen-bond acceptors (Lipinski definition) is 2. The number of nitrogens with zero attached hydrogens (tertiary/aromatic N) is 2. The van der Waals surface area contributed by atoms with Crippen LogP contribution in [0.15, 0.2) is 48.7 Å². The molecule has 0 spiro atoms. The molecule has 1 amide bonds. The molecule has 3 aromatic rings. The summed E-state index contributed by atoms with van der Waals surface area (Å²) in [7, 11) is 0. The minimum atomic E-state index is -0.0472. The van der Waals surface area contributed by atoms with E-state index in [1.165, 1.54) is 11.1 Å². The van der Waals surface area contributed by atoms with Gasteiger partial charge in [0.05, 0.1) is 5.69 Å². The first-order chi connectivity index (χ1) is 10.7. The highest BCUT2D eigenvalue weighted by atomic mass is 16.2. The van der Waals surface area contributed by atoms with Gasteiger partial charge in [0.1, 0.15) is 11.3 Å². The summed E-state index contributed by atoms with van der Waals surface area (Å²) in [6.07, 6.45) is 3.68. The van der Waals surface area contributed by atoms with E-state index in [0.717, 1.165) is 24.2 Å². The molecule has 1 aliphatic carbocycles. The molecule has 4 nitrogen and oxygen atoms in total. The molecule has 22 heavy (non-hydrogen) atoms. The van der Waals surface area contributed by atoms with Crippen molar-refractivity contribution in [3.63, 3.8) is 0 Å². The Morgan fingerprint density at radius 1 is 1.14 bits per heavy atom. The molecule has 110 valence electrons. The predicted octanol–water partition coefficient (Wildman–Crippen LogP) is 2.54. The molecular weight excluding hydrogens is 274 g/mol. The number of carbonyl (C=O) groups excluding carboxylic acids is 1. The van der Waals surface area contributed by atoms with E-state index in [0.29, 0.717) is 5.69 Å². The fourth-order valence-corrected chi connectivity index (χ4v) is 3.30. The molecule has 1 N–H and O–H groups in total. The molecule has 0 radical (unpaired) electrons. The lowest BCUT2D eigenvalue weighted by atomic mass is 10.1. The third kappa shape index (κ3) is 2.08. The largest absolute Gasteiger partial charge is 0.347 e. The van der Waals surface area contributed by atoms with Crippen LogP contribution in [0.5, 0.6) is 0 Å². The summed E-state index contributed by atoms with van der Waals surface area (Å²) in [5.41, 5.74) is 4.87. The van der Waals surface area contributed by atoms with E-state index in [9.17, 15) is 4.79 Å². The molecule has 0 atom stereocenters. The molecule has 0 fully saturated rings. The zero-order valence-corrected chi connectivity index (χ0v) is 12.4. The van der Waals surface area contributed by atoms with Crippen LogP contribution >= 0.6 is 0 Å². The van der Waals surface area contributed by atoms with Crippen LogP contribution in [0.2, 0.25) is 0 Å². The van der Waals surface area contributed by atoms with Crippen LogP contribution in [0.3, 0.4) is 0 Å². The van der Waals surface area contributed by atoms with Gasteiger partial charge in [-0.15, -0.1) is 0 Å². The second-order valence-electron chi connectivity index (χ2n) is 5.82. The van der Waals surface area contributed by atoms with E-state index in [1.54, 1.807) is 0 Å². The highest BCUT2D eigenvalue weighted by Crippen LogP contribution is 2.22. The topological polar surface area (TPSA) is 46.4 Å². The second-order valence-corrected chi connectivity index (χ2v) is 5.82. The summed E-state index contributed by atoms with van der Waals surface area (Å²) >= 11 is 0. The molecule has 4 heteroatoms. The molecule has 0 saturated heterocycles. The number of amides is 1. The van der Waals surface area contributed by atoms with Crippen molar-refractivity contribution in [1.29, 1.82) is 0 Å². The SMILES string of the molecule is Cc1nc2ccccn2c1C(=O)NC1Cc2ccccc2C1. The molecule has 1 aliphatic rings. The third-order valence-electron chi connectivity index (χ3n) is 4.31. The van der Waals surface area contributed by atoms with Gasteiger partial charge in [0.2, 0.25) is 0 Å². The quantitative estimate of drug-likeness (QED) is 0.788. The first-order valence-electron chi connectivity index (χ1n) is 7.54. The third-order valence-corrected chi connectivity index (χ3v) is 4.31. The lowest BCUT2D eigenvalue weighted by Gasteiger charge is -2.12. The summed E-state index contributed by atoms with van der Waals surface area (Å²) in [6, 6.07) is 14.3. The van der Waals surface area contributed by atoms with Gasteiger partial charge in [-0.25, -0.2) is 4.98 Å². The van der Waals surface area contributed by atoms with Crippen LogP contribution in [0.1, 0.15) is 27.3 Å². The summed E-state index contributed by atoms with van der Waals surface area (Å²) in [4.78, 5) is 17.1. The molecule has 1 aromatic carbocycles. The number of fused-ring (bicyclic) bond motifs is 2. The van der Waals surface area contributed by atoms with Crippen LogP contribution in [-0.2, 0) is 12.8 Å². The number of aromatic nitrogens is 2. The Morgan fingerprint density at radius 3 is 2.55 bits per heavy atom. The van der Waals surface area contributed by atoms with Gasteiger partial charge in [-0.2, -0.15) is 0 Å². The number of imidazole rings is 1. The van der Waals surface area contributed by atoms with Crippen molar-refractivity contribution in [2.24, 2.45) is 0 Å². The van der Waals surface area contributed by atoms with Gasteiger partial charge < -0.3 is 5.32 Å². The average Bonchev–Trinajstić information content (AvgIpc) is 3.05. The van der Waals surface area contributed by atoms with Crippen LogP contribution in [-0.4, -0.2) is 21.3 Å². The number of nitrogens with one attached hydrogen (secondary N) is 1. The molecule has 0 saturated carbocycles. The van der Waals surface area contributed by atoms with Crippen molar-refractivity contribution in [3.8, 4) is 0 Å². The maximum Gasteiger partial charge on any atom is 0.270 e. The van der Waals surface area contributed by atoms with Gasteiger partial charge >= 0.3 is 0 Å². The first kappa shape index (κ1) is 13.1. The molecule has 0 aliphatic heterocycles. The second kappa shape index (κ2) is 4.98. The molecule has 2 aromatic heterocycles. The number of rotatable bonds is 2. The molecule has 4 rings (SSSR count). The van der Waals surface area contributed by atoms with E-state index in [4.69, 9.17) is 0 Å². The fourth-order valence-electron chi connectivity index (χ4n) is 3.30. The zero-order valence-electron chi connectivity index (χ0n) is 12.4. The summed E-state index contributed by atoms with van der Waals surface area (Å²) in [5.74, 6) is -0.0472. The van der Waals surface area contributed by atoms with Crippen LogP contribution in [0, 0.1) is 6.92 Å². The van der Waals surface area contributed by atoms with E-state index in [-0.39, 0.29) is 11.9 Å². The lowest BCUT2D eigenvalue weighted by Crippen LogP contribution is -2.36. The normalized spacial score (nSPS) is 14.2.